The SMILES string of the molecule is CCN(CC)c1cccc(OCCNC2CCOCC2)c1. The average molecular weight is 292 g/mol. The Balaban J connectivity index is 1.73. The van der Waals surface area contributed by atoms with Gasteiger partial charge in [-0.05, 0) is 38.8 Å². The van der Waals surface area contributed by atoms with E-state index in [9.17, 15) is 0 Å². The first-order chi connectivity index (χ1) is 10.3. The van der Waals surface area contributed by atoms with E-state index in [1.165, 1.54) is 5.69 Å². The molecule has 118 valence electrons. The molecule has 1 aromatic carbocycles. The van der Waals surface area contributed by atoms with E-state index in [0.717, 1.165) is 51.4 Å². The van der Waals surface area contributed by atoms with Gasteiger partial charge < -0.3 is 19.7 Å². The van der Waals surface area contributed by atoms with E-state index in [1.54, 1.807) is 0 Å². The van der Waals surface area contributed by atoms with Crippen LogP contribution < -0.4 is 15.0 Å². The molecule has 4 heteroatoms. The summed E-state index contributed by atoms with van der Waals surface area (Å²) < 4.78 is 11.2. The molecule has 1 aliphatic heterocycles. The lowest BCUT2D eigenvalue weighted by Crippen LogP contribution is -2.37. The van der Waals surface area contributed by atoms with Crippen LogP contribution in [0.1, 0.15) is 26.7 Å². The van der Waals surface area contributed by atoms with Crippen LogP contribution in [0, 0.1) is 0 Å². The third-order valence-corrected chi connectivity index (χ3v) is 3.97. The zero-order chi connectivity index (χ0) is 14.9. The Morgan fingerprint density at radius 3 is 2.71 bits per heavy atom. The Hall–Kier alpha value is -1.26. The van der Waals surface area contributed by atoms with Crippen molar-refractivity contribution in [3.05, 3.63) is 24.3 Å². The molecule has 0 amide bonds. The maximum Gasteiger partial charge on any atom is 0.121 e. The largest absolute Gasteiger partial charge is 0.492 e. The van der Waals surface area contributed by atoms with Crippen molar-refractivity contribution in [3.8, 4) is 5.75 Å². The van der Waals surface area contributed by atoms with E-state index in [-0.39, 0.29) is 0 Å². The molecule has 1 aliphatic rings. The third kappa shape index (κ3) is 5.21. The van der Waals surface area contributed by atoms with Gasteiger partial charge >= 0.3 is 0 Å². The van der Waals surface area contributed by atoms with Gasteiger partial charge in [0.15, 0.2) is 0 Å². The molecule has 1 N–H and O–H groups in total. The van der Waals surface area contributed by atoms with Crippen molar-refractivity contribution in [3.63, 3.8) is 0 Å². The predicted molar refractivity (Wildman–Crippen MR) is 87.3 cm³/mol. The van der Waals surface area contributed by atoms with Crippen LogP contribution in [0.5, 0.6) is 5.75 Å². The van der Waals surface area contributed by atoms with Gasteiger partial charge in [0.2, 0.25) is 0 Å². The van der Waals surface area contributed by atoms with Crippen molar-refractivity contribution in [1.29, 1.82) is 0 Å². The predicted octanol–water partition coefficient (Wildman–Crippen LogP) is 2.68. The molecule has 0 spiro atoms. The summed E-state index contributed by atoms with van der Waals surface area (Å²) in [5.74, 6) is 0.952. The zero-order valence-corrected chi connectivity index (χ0v) is 13.3. The minimum absolute atomic E-state index is 0.587. The molecule has 0 unspecified atom stereocenters. The summed E-state index contributed by atoms with van der Waals surface area (Å²) in [5.41, 5.74) is 1.23. The number of rotatable bonds is 8. The molecule has 0 bridgehead atoms. The standard InChI is InChI=1S/C17H28N2O2/c1-3-19(4-2)16-6-5-7-17(14-16)21-13-10-18-15-8-11-20-12-9-15/h5-7,14-15,18H,3-4,8-13H2,1-2H3. The first-order valence-corrected chi connectivity index (χ1v) is 8.12. The molecule has 1 aromatic rings. The number of hydrogen-bond donors (Lipinski definition) is 1. The van der Waals surface area contributed by atoms with Gasteiger partial charge in [-0.3, -0.25) is 0 Å². The second kappa shape index (κ2) is 8.90. The van der Waals surface area contributed by atoms with E-state index < -0.39 is 0 Å². The summed E-state index contributed by atoms with van der Waals surface area (Å²) in [6.07, 6.45) is 2.22. The fraction of sp³-hybridized carbons (Fsp3) is 0.647. The van der Waals surface area contributed by atoms with Gasteiger partial charge in [0.05, 0.1) is 0 Å². The number of ether oxygens (including phenoxy) is 2. The van der Waals surface area contributed by atoms with Crippen LogP contribution in [0.3, 0.4) is 0 Å². The summed E-state index contributed by atoms with van der Waals surface area (Å²) in [4.78, 5) is 2.33. The van der Waals surface area contributed by atoms with Crippen LogP contribution in [0.2, 0.25) is 0 Å². The Morgan fingerprint density at radius 2 is 2.00 bits per heavy atom. The quantitative estimate of drug-likeness (QED) is 0.747. The van der Waals surface area contributed by atoms with Gasteiger partial charge in [-0.2, -0.15) is 0 Å². The van der Waals surface area contributed by atoms with Crippen molar-refractivity contribution in [2.45, 2.75) is 32.7 Å². The number of nitrogens with one attached hydrogen (secondary N) is 1. The van der Waals surface area contributed by atoms with Crippen LogP contribution in [0.15, 0.2) is 24.3 Å². The number of hydrogen-bond acceptors (Lipinski definition) is 4. The second-order valence-corrected chi connectivity index (χ2v) is 5.36. The van der Waals surface area contributed by atoms with Crippen LogP contribution >= 0.6 is 0 Å². The highest BCUT2D eigenvalue weighted by Crippen LogP contribution is 2.20. The minimum Gasteiger partial charge on any atom is -0.492 e. The number of nitrogens with zero attached hydrogens (tertiary/aromatic N) is 1. The molecular weight excluding hydrogens is 264 g/mol. The zero-order valence-electron chi connectivity index (χ0n) is 13.3. The van der Waals surface area contributed by atoms with Crippen molar-refractivity contribution in [2.75, 3.05) is 44.4 Å². The third-order valence-electron chi connectivity index (χ3n) is 3.97. The Bertz CT molecular complexity index is 402. The summed E-state index contributed by atoms with van der Waals surface area (Å²) >= 11 is 0. The van der Waals surface area contributed by atoms with Crippen molar-refractivity contribution in [2.24, 2.45) is 0 Å². The number of anilines is 1. The Morgan fingerprint density at radius 1 is 1.24 bits per heavy atom. The maximum absolute atomic E-state index is 5.86. The molecule has 1 saturated heterocycles. The topological polar surface area (TPSA) is 33.7 Å². The van der Waals surface area contributed by atoms with E-state index in [2.05, 4.69) is 42.3 Å². The van der Waals surface area contributed by atoms with Crippen LogP contribution in [0.25, 0.3) is 0 Å². The molecule has 0 atom stereocenters. The van der Waals surface area contributed by atoms with Crippen molar-refractivity contribution < 1.29 is 9.47 Å². The van der Waals surface area contributed by atoms with E-state index >= 15 is 0 Å². The van der Waals surface area contributed by atoms with Gasteiger partial charge in [-0.1, -0.05) is 6.07 Å². The fourth-order valence-electron chi connectivity index (χ4n) is 2.69. The summed E-state index contributed by atoms with van der Waals surface area (Å²) in [6, 6.07) is 8.95. The molecule has 0 aromatic heterocycles. The van der Waals surface area contributed by atoms with Crippen LogP contribution in [-0.2, 0) is 4.74 Å². The minimum atomic E-state index is 0.587. The maximum atomic E-state index is 5.86. The summed E-state index contributed by atoms with van der Waals surface area (Å²) in [6.45, 7) is 9.74. The molecule has 1 fully saturated rings. The van der Waals surface area contributed by atoms with Gasteiger partial charge in [0.1, 0.15) is 12.4 Å². The second-order valence-electron chi connectivity index (χ2n) is 5.36. The molecule has 0 radical (unpaired) electrons. The van der Waals surface area contributed by atoms with E-state index in [0.29, 0.717) is 12.6 Å². The molecular formula is C17H28N2O2. The molecule has 0 saturated carbocycles. The first kappa shape index (κ1) is 16.1. The van der Waals surface area contributed by atoms with Gasteiger partial charge in [0.25, 0.3) is 0 Å². The first-order valence-electron chi connectivity index (χ1n) is 8.12. The average Bonchev–Trinajstić information content (AvgIpc) is 2.54. The van der Waals surface area contributed by atoms with Crippen LogP contribution in [-0.4, -0.2) is 45.5 Å². The lowest BCUT2D eigenvalue weighted by atomic mass is 10.1. The Kier molecular flexibility index (Phi) is 6.83. The van der Waals surface area contributed by atoms with Crippen LogP contribution in [0.4, 0.5) is 5.69 Å². The molecule has 4 nitrogen and oxygen atoms in total. The lowest BCUT2D eigenvalue weighted by molar-refractivity contribution is 0.0770. The number of benzene rings is 1. The summed E-state index contributed by atoms with van der Waals surface area (Å²) in [7, 11) is 0. The van der Waals surface area contributed by atoms with Gasteiger partial charge in [-0.25, -0.2) is 0 Å². The van der Waals surface area contributed by atoms with Gasteiger partial charge in [0, 0.05) is 50.6 Å². The van der Waals surface area contributed by atoms with Gasteiger partial charge in [-0.15, -0.1) is 0 Å². The monoisotopic (exact) mass is 292 g/mol. The van der Waals surface area contributed by atoms with Crippen molar-refractivity contribution in [1.82, 2.24) is 5.32 Å². The van der Waals surface area contributed by atoms with E-state index in [4.69, 9.17) is 9.47 Å². The van der Waals surface area contributed by atoms with E-state index in [1.807, 2.05) is 6.07 Å². The molecule has 21 heavy (non-hydrogen) atoms. The molecule has 2 rings (SSSR count). The smallest absolute Gasteiger partial charge is 0.121 e. The highest BCUT2D eigenvalue weighted by Gasteiger charge is 2.12. The fourth-order valence-corrected chi connectivity index (χ4v) is 2.69. The van der Waals surface area contributed by atoms with Crippen molar-refractivity contribution >= 4 is 5.69 Å². The normalized spacial score (nSPS) is 15.9. The molecule has 1 heterocycles. The highest BCUT2D eigenvalue weighted by molar-refractivity contribution is 5.50. The molecule has 0 aliphatic carbocycles. The highest BCUT2D eigenvalue weighted by atomic mass is 16.5. The lowest BCUT2D eigenvalue weighted by Gasteiger charge is -2.23. The summed E-state index contributed by atoms with van der Waals surface area (Å²) in [5, 5.41) is 3.54. The Labute approximate surface area is 128 Å².